The number of rotatable bonds is 2. The van der Waals surface area contributed by atoms with Crippen LogP contribution in [0.1, 0.15) is 37.5 Å². The number of piperazine rings is 1. The highest BCUT2D eigenvalue weighted by Crippen LogP contribution is 2.19. The molecule has 0 radical (unpaired) electrons. The van der Waals surface area contributed by atoms with E-state index in [2.05, 4.69) is 18.2 Å². The lowest BCUT2D eigenvalue weighted by Gasteiger charge is -2.37. The molecular weight excluding hydrogens is 288 g/mol. The SMILES string of the molecule is Cc1ccc(C)c(CC(=O)N2CCN(C(=O)C(C)(C)C)CC2)c1. The zero-order valence-electron chi connectivity index (χ0n) is 15.0. The van der Waals surface area contributed by atoms with Gasteiger partial charge in [0, 0.05) is 31.6 Å². The largest absolute Gasteiger partial charge is 0.339 e. The van der Waals surface area contributed by atoms with Gasteiger partial charge in [-0.25, -0.2) is 0 Å². The first-order chi connectivity index (χ1) is 10.7. The summed E-state index contributed by atoms with van der Waals surface area (Å²) >= 11 is 0. The van der Waals surface area contributed by atoms with Crippen molar-refractivity contribution in [2.45, 2.75) is 41.0 Å². The summed E-state index contributed by atoms with van der Waals surface area (Å²) < 4.78 is 0. The van der Waals surface area contributed by atoms with Crippen LogP contribution in [0.4, 0.5) is 0 Å². The van der Waals surface area contributed by atoms with Crippen molar-refractivity contribution in [3.8, 4) is 0 Å². The van der Waals surface area contributed by atoms with Gasteiger partial charge in [0.15, 0.2) is 0 Å². The molecule has 1 saturated heterocycles. The number of nitrogens with zero attached hydrogens (tertiary/aromatic N) is 2. The molecule has 1 aliphatic heterocycles. The molecule has 0 aliphatic carbocycles. The molecule has 1 aromatic carbocycles. The van der Waals surface area contributed by atoms with Crippen LogP contribution in [-0.2, 0) is 16.0 Å². The van der Waals surface area contributed by atoms with E-state index < -0.39 is 0 Å². The van der Waals surface area contributed by atoms with E-state index in [0.29, 0.717) is 32.6 Å². The van der Waals surface area contributed by atoms with Crippen molar-refractivity contribution >= 4 is 11.8 Å². The van der Waals surface area contributed by atoms with Crippen molar-refractivity contribution in [1.82, 2.24) is 9.80 Å². The van der Waals surface area contributed by atoms with E-state index in [0.717, 1.165) is 11.1 Å². The number of hydrogen-bond donors (Lipinski definition) is 0. The molecule has 1 aliphatic rings. The molecule has 4 nitrogen and oxygen atoms in total. The maximum absolute atomic E-state index is 12.5. The lowest BCUT2D eigenvalue weighted by molar-refractivity contribution is -0.144. The van der Waals surface area contributed by atoms with Crippen LogP contribution in [0.5, 0.6) is 0 Å². The third kappa shape index (κ3) is 4.34. The second kappa shape index (κ2) is 6.73. The first-order valence-electron chi connectivity index (χ1n) is 8.32. The summed E-state index contributed by atoms with van der Waals surface area (Å²) in [5.41, 5.74) is 3.08. The Morgan fingerprint density at radius 2 is 1.57 bits per heavy atom. The second-order valence-corrected chi connectivity index (χ2v) is 7.53. The van der Waals surface area contributed by atoms with Gasteiger partial charge in [0.1, 0.15) is 0 Å². The quantitative estimate of drug-likeness (QED) is 0.841. The molecule has 1 heterocycles. The molecule has 0 saturated carbocycles. The minimum absolute atomic E-state index is 0.154. The Labute approximate surface area is 139 Å². The van der Waals surface area contributed by atoms with Gasteiger partial charge >= 0.3 is 0 Å². The van der Waals surface area contributed by atoms with Crippen molar-refractivity contribution in [1.29, 1.82) is 0 Å². The summed E-state index contributed by atoms with van der Waals surface area (Å²) in [6.45, 7) is 12.4. The van der Waals surface area contributed by atoms with Gasteiger partial charge in [-0.05, 0) is 25.0 Å². The molecule has 0 atom stereocenters. The molecule has 0 unspecified atom stereocenters. The smallest absolute Gasteiger partial charge is 0.228 e. The Morgan fingerprint density at radius 1 is 1.00 bits per heavy atom. The fourth-order valence-corrected chi connectivity index (χ4v) is 2.90. The van der Waals surface area contributed by atoms with Gasteiger partial charge in [0.05, 0.1) is 6.42 Å². The van der Waals surface area contributed by atoms with E-state index in [4.69, 9.17) is 0 Å². The Morgan fingerprint density at radius 3 is 2.13 bits per heavy atom. The van der Waals surface area contributed by atoms with Crippen LogP contribution >= 0.6 is 0 Å². The van der Waals surface area contributed by atoms with Gasteiger partial charge in [-0.1, -0.05) is 44.5 Å². The maximum Gasteiger partial charge on any atom is 0.228 e. The Bertz CT molecular complexity index is 594. The Balaban J connectivity index is 1.94. The molecule has 2 amide bonds. The van der Waals surface area contributed by atoms with Crippen LogP contribution in [0.15, 0.2) is 18.2 Å². The fourth-order valence-electron chi connectivity index (χ4n) is 2.90. The van der Waals surface area contributed by atoms with Crippen molar-refractivity contribution < 1.29 is 9.59 Å². The Hall–Kier alpha value is -1.84. The monoisotopic (exact) mass is 316 g/mol. The molecule has 4 heteroatoms. The van der Waals surface area contributed by atoms with E-state index in [1.165, 1.54) is 5.56 Å². The summed E-state index contributed by atoms with van der Waals surface area (Å²) in [5.74, 6) is 0.320. The van der Waals surface area contributed by atoms with Crippen LogP contribution in [0.25, 0.3) is 0 Å². The zero-order chi connectivity index (χ0) is 17.2. The minimum atomic E-state index is -0.356. The molecule has 126 valence electrons. The van der Waals surface area contributed by atoms with Crippen LogP contribution in [0.2, 0.25) is 0 Å². The van der Waals surface area contributed by atoms with Gasteiger partial charge in [-0.2, -0.15) is 0 Å². The van der Waals surface area contributed by atoms with E-state index in [1.54, 1.807) is 0 Å². The van der Waals surface area contributed by atoms with Gasteiger partial charge < -0.3 is 9.80 Å². The van der Waals surface area contributed by atoms with Crippen molar-refractivity contribution in [2.75, 3.05) is 26.2 Å². The normalized spacial score (nSPS) is 15.7. The first kappa shape index (κ1) is 17.5. The first-order valence-corrected chi connectivity index (χ1v) is 8.32. The summed E-state index contributed by atoms with van der Waals surface area (Å²) in [7, 11) is 0. The van der Waals surface area contributed by atoms with Crippen molar-refractivity contribution in [2.24, 2.45) is 5.41 Å². The number of hydrogen-bond acceptors (Lipinski definition) is 2. The van der Waals surface area contributed by atoms with Gasteiger partial charge in [0.25, 0.3) is 0 Å². The predicted octanol–water partition coefficient (Wildman–Crippen LogP) is 2.56. The van der Waals surface area contributed by atoms with Gasteiger partial charge in [-0.15, -0.1) is 0 Å². The Kier molecular flexibility index (Phi) is 5.12. The average molecular weight is 316 g/mol. The third-order valence-corrected chi connectivity index (χ3v) is 4.41. The number of aryl methyl sites for hydroxylation is 2. The van der Waals surface area contributed by atoms with Crippen LogP contribution in [0.3, 0.4) is 0 Å². The standard InChI is InChI=1S/C19H28N2O2/c1-14-6-7-15(2)16(12-14)13-17(22)20-8-10-21(11-9-20)18(23)19(3,4)5/h6-7,12H,8-11,13H2,1-5H3. The highest BCUT2D eigenvalue weighted by molar-refractivity contribution is 5.82. The highest BCUT2D eigenvalue weighted by atomic mass is 16.2. The molecule has 0 bridgehead atoms. The lowest BCUT2D eigenvalue weighted by atomic mass is 9.94. The molecule has 23 heavy (non-hydrogen) atoms. The minimum Gasteiger partial charge on any atom is -0.339 e. The molecular formula is C19H28N2O2. The van der Waals surface area contributed by atoms with Gasteiger partial charge in [-0.3, -0.25) is 9.59 Å². The zero-order valence-corrected chi connectivity index (χ0v) is 15.0. The van der Waals surface area contributed by atoms with E-state index in [-0.39, 0.29) is 17.2 Å². The maximum atomic E-state index is 12.5. The third-order valence-electron chi connectivity index (χ3n) is 4.41. The average Bonchev–Trinajstić information content (AvgIpc) is 2.49. The molecule has 0 spiro atoms. The molecule has 1 aromatic rings. The number of benzene rings is 1. The van der Waals surface area contributed by atoms with Crippen LogP contribution in [-0.4, -0.2) is 47.8 Å². The highest BCUT2D eigenvalue weighted by Gasteiger charge is 2.30. The van der Waals surface area contributed by atoms with Crippen molar-refractivity contribution in [3.05, 3.63) is 34.9 Å². The predicted molar refractivity (Wildman–Crippen MR) is 92.2 cm³/mol. The lowest BCUT2D eigenvalue weighted by Crippen LogP contribution is -2.53. The molecule has 2 rings (SSSR count). The number of carbonyl (C=O) groups excluding carboxylic acids is 2. The molecule has 0 N–H and O–H groups in total. The molecule has 0 aromatic heterocycles. The summed E-state index contributed by atoms with van der Waals surface area (Å²) in [6, 6.07) is 6.23. The van der Waals surface area contributed by atoms with Gasteiger partial charge in [0.2, 0.25) is 11.8 Å². The second-order valence-electron chi connectivity index (χ2n) is 7.53. The summed E-state index contributed by atoms with van der Waals surface area (Å²) in [4.78, 5) is 28.6. The number of amides is 2. The van der Waals surface area contributed by atoms with Crippen LogP contribution in [0, 0.1) is 19.3 Å². The van der Waals surface area contributed by atoms with E-state index in [1.807, 2.05) is 44.4 Å². The van der Waals surface area contributed by atoms with E-state index in [9.17, 15) is 9.59 Å². The molecule has 1 fully saturated rings. The van der Waals surface area contributed by atoms with Crippen LogP contribution < -0.4 is 0 Å². The number of carbonyl (C=O) groups is 2. The topological polar surface area (TPSA) is 40.6 Å². The fraction of sp³-hybridized carbons (Fsp3) is 0.579. The van der Waals surface area contributed by atoms with E-state index >= 15 is 0 Å². The summed E-state index contributed by atoms with van der Waals surface area (Å²) in [5, 5.41) is 0. The van der Waals surface area contributed by atoms with Crippen molar-refractivity contribution in [3.63, 3.8) is 0 Å². The summed E-state index contributed by atoms with van der Waals surface area (Å²) in [6.07, 6.45) is 0.445.